The normalized spacial score (nSPS) is 20.3. The molecule has 1 heterocycles. The summed E-state index contributed by atoms with van der Waals surface area (Å²) in [6.45, 7) is 3.95. The van der Waals surface area contributed by atoms with Gasteiger partial charge in [0, 0.05) is 20.3 Å². The van der Waals surface area contributed by atoms with Crippen molar-refractivity contribution in [3.8, 4) is 0 Å². The van der Waals surface area contributed by atoms with Crippen molar-refractivity contribution in [1.82, 2.24) is 10.2 Å². The maximum absolute atomic E-state index is 9.99. The van der Waals surface area contributed by atoms with Gasteiger partial charge in [-0.2, -0.15) is 0 Å². The van der Waals surface area contributed by atoms with E-state index >= 15 is 0 Å². The van der Waals surface area contributed by atoms with Gasteiger partial charge < -0.3 is 20.1 Å². The topological polar surface area (TPSA) is 44.7 Å². The number of hydrogen-bond donors (Lipinski definition) is 2. The highest BCUT2D eigenvalue weighted by Gasteiger charge is 2.33. The van der Waals surface area contributed by atoms with Crippen molar-refractivity contribution in [3.63, 3.8) is 0 Å². The zero-order chi connectivity index (χ0) is 15.1. The van der Waals surface area contributed by atoms with Crippen molar-refractivity contribution >= 4 is 0 Å². The molecule has 0 amide bonds. The summed E-state index contributed by atoms with van der Waals surface area (Å²) >= 11 is 0. The van der Waals surface area contributed by atoms with E-state index in [-0.39, 0.29) is 12.1 Å². The van der Waals surface area contributed by atoms with Crippen LogP contribution in [0.3, 0.4) is 0 Å². The molecule has 0 spiro atoms. The lowest BCUT2D eigenvalue weighted by molar-refractivity contribution is 0.0662. The van der Waals surface area contributed by atoms with E-state index in [9.17, 15) is 5.11 Å². The van der Waals surface area contributed by atoms with Crippen molar-refractivity contribution in [3.05, 3.63) is 35.9 Å². The summed E-state index contributed by atoms with van der Waals surface area (Å²) in [5.74, 6) is 0.682. The zero-order valence-corrected chi connectivity index (χ0v) is 13.2. The van der Waals surface area contributed by atoms with Crippen LogP contribution in [-0.4, -0.2) is 57.0 Å². The Labute approximate surface area is 128 Å². The molecule has 1 fully saturated rings. The fourth-order valence-electron chi connectivity index (χ4n) is 3.22. The first-order chi connectivity index (χ1) is 10.2. The van der Waals surface area contributed by atoms with E-state index in [4.69, 9.17) is 4.74 Å². The summed E-state index contributed by atoms with van der Waals surface area (Å²) in [5.41, 5.74) is 0.768. The largest absolute Gasteiger partial charge is 0.394 e. The fourth-order valence-corrected chi connectivity index (χ4v) is 3.22. The third-order valence-electron chi connectivity index (χ3n) is 4.68. The maximum Gasteiger partial charge on any atom is 0.0795 e. The molecule has 0 bridgehead atoms. The average Bonchev–Trinajstić information content (AvgIpc) is 2.55. The Morgan fingerprint density at radius 3 is 2.48 bits per heavy atom. The van der Waals surface area contributed by atoms with Crippen LogP contribution in [0.1, 0.15) is 18.4 Å². The Hall–Kier alpha value is -0.940. The van der Waals surface area contributed by atoms with Gasteiger partial charge in [0.1, 0.15) is 0 Å². The first-order valence-electron chi connectivity index (χ1n) is 7.80. The second-order valence-corrected chi connectivity index (χ2v) is 6.03. The van der Waals surface area contributed by atoms with Crippen LogP contribution < -0.4 is 5.32 Å². The van der Waals surface area contributed by atoms with Gasteiger partial charge in [0.15, 0.2) is 0 Å². The van der Waals surface area contributed by atoms with E-state index < -0.39 is 0 Å². The predicted octanol–water partition coefficient (Wildman–Crippen LogP) is 1.45. The number of nitrogens with zero attached hydrogens (tertiary/aromatic N) is 1. The third kappa shape index (κ3) is 4.04. The summed E-state index contributed by atoms with van der Waals surface area (Å²) < 4.78 is 5.26. The van der Waals surface area contributed by atoms with Gasteiger partial charge >= 0.3 is 0 Å². The minimum Gasteiger partial charge on any atom is -0.394 e. The van der Waals surface area contributed by atoms with Crippen LogP contribution in [0.4, 0.5) is 0 Å². The Kier molecular flexibility index (Phi) is 6.18. The minimum atomic E-state index is -0.380. The number of aliphatic hydroxyl groups is 1. The van der Waals surface area contributed by atoms with Crippen LogP contribution >= 0.6 is 0 Å². The van der Waals surface area contributed by atoms with Crippen molar-refractivity contribution in [1.29, 1.82) is 0 Å². The van der Waals surface area contributed by atoms with Gasteiger partial charge in [0.05, 0.1) is 12.1 Å². The monoisotopic (exact) mass is 292 g/mol. The summed E-state index contributed by atoms with van der Waals surface area (Å²) in [6.07, 6.45) is 2.35. The molecule has 2 N–H and O–H groups in total. The highest BCUT2D eigenvalue weighted by molar-refractivity contribution is 5.25. The first-order valence-corrected chi connectivity index (χ1v) is 7.80. The summed E-state index contributed by atoms with van der Waals surface area (Å²) in [7, 11) is 3.71. The highest BCUT2D eigenvalue weighted by Crippen LogP contribution is 2.25. The number of nitrogens with one attached hydrogen (secondary N) is 1. The molecule has 2 rings (SSSR count). The number of piperidine rings is 1. The lowest BCUT2D eigenvalue weighted by Gasteiger charge is -2.40. The predicted molar refractivity (Wildman–Crippen MR) is 85.3 cm³/mol. The van der Waals surface area contributed by atoms with Gasteiger partial charge in [-0.3, -0.25) is 0 Å². The Morgan fingerprint density at radius 1 is 1.29 bits per heavy atom. The van der Waals surface area contributed by atoms with Gasteiger partial charge in [-0.1, -0.05) is 30.3 Å². The smallest absolute Gasteiger partial charge is 0.0795 e. The molecule has 118 valence electrons. The SMILES string of the molecule is CNC(CO)(CN1CCC(COC)CC1)c1ccccc1. The standard InChI is InChI=1S/C17H28N2O2/c1-18-17(14-20,16-6-4-3-5-7-16)13-19-10-8-15(9-11-19)12-21-2/h3-7,15,18,20H,8-14H2,1-2H3. The molecule has 4 heteroatoms. The highest BCUT2D eigenvalue weighted by atomic mass is 16.5. The van der Waals surface area contributed by atoms with Crippen LogP contribution in [0.5, 0.6) is 0 Å². The number of rotatable bonds is 7. The fraction of sp³-hybridized carbons (Fsp3) is 0.647. The summed E-state index contributed by atoms with van der Waals surface area (Å²) in [6, 6.07) is 10.2. The van der Waals surface area contributed by atoms with E-state index in [0.29, 0.717) is 5.92 Å². The van der Waals surface area contributed by atoms with Crippen molar-refractivity contribution in [2.45, 2.75) is 18.4 Å². The number of hydrogen-bond acceptors (Lipinski definition) is 4. The Balaban J connectivity index is 2.01. The molecule has 1 aliphatic heterocycles. The molecule has 1 unspecified atom stereocenters. The van der Waals surface area contributed by atoms with Gasteiger partial charge in [0.2, 0.25) is 0 Å². The molecule has 0 radical (unpaired) electrons. The quantitative estimate of drug-likeness (QED) is 0.798. The van der Waals surface area contributed by atoms with Crippen molar-refractivity contribution in [2.75, 3.05) is 47.0 Å². The number of benzene rings is 1. The maximum atomic E-state index is 9.99. The van der Waals surface area contributed by atoms with Crippen molar-refractivity contribution < 1.29 is 9.84 Å². The molecule has 1 aliphatic rings. The summed E-state index contributed by atoms with van der Waals surface area (Å²) in [4.78, 5) is 2.45. The third-order valence-corrected chi connectivity index (χ3v) is 4.68. The van der Waals surface area contributed by atoms with E-state index in [2.05, 4.69) is 22.3 Å². The lowest BCUT2D eigenvalue weighted by Crippen LogP contribution is -2.53. The molecule has 4 nitrogen and oxygen atoms in total. The molecule has 1 aromatic carbocycles. The first kappa shape index (κ1) is 16.4. The minimum absolute atomic E-state index is 0.103. The molecule has 21 heavy (non-hydrogen) atoms. The molecule has 0 aliphatic carbocycles. The van der Waals surface area contributed by atoms with Gasteiger partial charge in [-0.15, -0.1) is 0 Å². The van der Waals surface area contributed by atoms with Crippen LogP contribution in [0, 0.1) is 5.92 Å². The summed E-state index contributed by atoms with van der Waals surface area (Å²) in [5, 5.41) is 13.3. The molecule has 1 atom stereocenters. The molecule has 1 saturated heterocycles. The van der Waals surface area contributed by atoms with E-state index in [0.717, 1.165) is 31.8 Å². The van der Waals surface area contributed by atoms with E-state index in [1.54, 1.807) is 7.11 Å². The van der Waals surface area contributed by atoms with Gasteiger partial charge in [0.25, 0.3) is 0 Å². The second-order valence-electron chi connectivity index (χ2n) is 6.03. The number of likely N-dealkylation sites (tertiary alicyclic amines) is 1. The number of likely N-dealkylation sites (N-methyl/N-ethyl adjacent to an activating group) is 1. The molecule has 0 saturated carbocycles. The van der Waals surface area contributed by atoms with Gasteiger partial charge in [-0.25, -0.2) is 0 Å². The Morgan fingerprint density at radius 2 is 1.95 bits per heavy atom. The van der Waals surface area contributed by atoms with Crippen LogP contribution in [0.25, 0.3) is 0 Å². The van der Waals surface area contributed by atoms with Crippen molar-refractivity contribution in [2.24, 2.45) is 5.92 Å². The molecular formula is C17H28N2O2. The van der Waals surface area contributed by atoms with Crippen LogP contribution in [0.2, 0.25) is 0 Å². The molecular weight excluding hydrogens is 264 g/mol. The molecule has 0 aromatic heterocycles. The van der Waals surface area contributed by atoms with Gasteiger partial charge in [-0.05, 0) is 44.5 Å². The number of ether oxygens (including phenoxy) is 1. The van der Waals surface area contributed by atoms with Crippen LogP contribution in [0.15, 0.2) is 30.3 Å². The lowest BCUT2D eigenvalue weighted by atomic mass is 9.88. The average molecular weight is 292 g/mol. The molecule has 1 aromatic rings. The van der Waals surface area contributed by atoms with E-state index in [1.165, 1.54) is 12.8 Å². The Bertz CT molecular complexity index is 399. The van der Waals surface area contributed by atoms with E-state index in [1.807, 2.05) is 25.2 Å². The zero-order valence-electron chi connectivity index (χ0n) is 13.2. The number of methoxy groups -OCH3 is 1. The second kappa shape index (κ2) is 7.90. The van der Waals surface area contributed by atoms with Crippen LogP contribution in [-0.2, 0) is 10.3 Å². The number of aliphatic hydroxyl groups excluding tert-OH is 1.